The molecule has 1 aromatic carbocycles. The number of rotatable bonds is 6. The van der Waals surface area contributed by atoms with Gasteiger partial charge in [-0.3, -0.25) is 29.2 Å². The highest BCUT2D eigenvalue weighted by Crippen LogP contribution is 2.42. The fourth-order valence-corrected chi connectivity index (χ4v) is 5.05. The molecule has 2 aromatic rings. The predicted octanol–water partition coefficient (Wildman–Crippen LogP) is 2.53. The van der Waals surface area contributed by atoms with Gasteiger partial charge < -0.3 is 4.90 Å². The minimum absolute atomic E-state index is 0.00758. The Morgan fingerprint density at radius 3 is 2.42 bits per heavy atom. The van der Waals surface area contributed by atoms with E-state index in [1.807, 2.05) is 42.2 Å². The number of imide groups is 1. The van der Waals surface area contributed by atoms with Gasteiger partial charge in [-0.25, -0.2) is 0 Å². The lowest BCUT2D eigenvalue weighted by atomic mass is 9.74. The SMILES string of the molecule is Cc1ccccc1[C@@]1(CC(=O)N2CCN(C(C)C)CC2)CC(=O)N(Cc2cccnc2)C1=O. The topological polar surface area (TPSA) is 73.8 Å². The average molecular weight is 449 g/mol. The number of aryl methyl sites for hydroxylation is 1. The van der Waals surface area contributed by atoms with Gasteiger partial charge >= 0.3 is 0 Å². The number of carbonyl (C=O) groups excluding carboxylic acids is 3. The van der Waals surface area contributed by atoms with Gasteiger partial charge in [0.1, 0.15) is 0 Å². The lowest BCUT2D eigenvalue weighted by molar-refractivity contribution is -0.143. The standard InChI is InChI=1S/C26H32N4O3/c1-19(2)28-11-13-29(14-12-28)23(31)15-26(22-9-5-4-7-20(22)3)16-24(32)30(25(26)33)18-21-8-6-10-27-17-21/h4-10,17,19H,11-16,18H2,1-3H3/t26-/m1/s1. The minimum Gasteiger partial charge on any atom is -0.340 e. The van der Waals surface area contributed by atoms with Crippen molar-refractivity contribution in [3.05, 3.63) is 65.5 Å². The third kappa shape index (κ3) is 4.55. The molecule has 2 aliphatic rings. The summed E-state index contributed by atoms with van der Waals surface area (Å²) in [6.45, 7) is 9.34. The third-order valence-electron chi connectivity index (χ3n) is 6.98. The summed E-state index contributed by atoms with van der Waals surface area (Å²) in [5.41, 5.74) is 1.30. The summed E-state index contributed by atoms with van der Waals surface area (Å²) >= 11 is 0. The zero-order valence-electron chi connectivity index (χ0n) is 19.7. The number of carbonyl (C=O) groups is 3. The van der Waals surface area contributed by atoms with Gasteiger partial charge in [0.25, 0.3) is 0 Å². The molecule has 1 atom stereocenters. The number of hydrogen-bond acceptors (Lipinski definition) is 5. The zero-order valence-corrected chi connectivity index (χ0v) is 19.7. The summed E-state index contributed by atoms with van der Waals surface area (Å²) in [4.78, 5) is 50.0. The van der Waals surface area contributed by atoms with Crippen molar-refractivity contribution in [2.45, 2.75) is 51.6 Å². The van der Waals surface area contributed by atoms with Crippen LogP contribution in [-0.2, 0) is 26.3 Å². The first-order valence-corrected chi connectivity index (χ1v) is 11.6. The molecule has 0 radical (unpaired) electrons. The molecule has 2 saturated heterocycles. The number of piperazine rings is 1. The van der Waals surface area contributed by atoms with E-state index in [9.17, 15) is 14.4 Å². The van der Waals surface area contributed by atoms with Crippen LogP contribution >= 0.6 is 0 Å². The van der Waals surface area contributed by atoms with Gasteiger partial charge in [0, 0.05) is 57.5 Å². The van der Waals surface area contributed by atoms with E-state index in [1.54, 1.807) is 18.5 Å². The van der Waals surface area contributed by atoms with E-state index >= 15 is 0 Å². The largest absolute Gasteiger partial charge is 0.340 e. The van der Waals surface area contributed by atoms with Gasteiger partial charge in [-0.15, -0.1) is 0 Å². The second-order valence-corrected chi connectivity index (χ2v) is 9.41. The van der Waals surface area contributed by atoms with Crippen LogP contribution in [0.25, 0.3) is 0 Å². The maximum Gasteiger partial charge on any atom is 0.241 e. The molecular formula is C26H32N4O3. The quantitative estimate of drug-likeness (QED) is 0.635. The fourth-order valence-electron chi connectivity index (χ4n) is 5.05. The molecule has 0 bridgehead atoms. The number of amides is 3. The van der Waals surface area contributed by atoms with Crippen molar-refractivity contribution >= 4 is 17.7 Å². The molecule has 174 valence electrons. The molecule has 0 unspecified atom stereocenters. The summed E-state index contributed by atoms with van der Waals surface area (Å²) in [5.74, 6) is -0.601. The van der Waals surface area contributed by atoms with Crippen LogP contribution in [-0.4, -0.2) is 69.6 Å². The summed E-state index contributed by atoms with van der Waals surface area (Å²) < 4.78 is 0. The first kappa shape index (κ1) is 23.1. The molecule has 3 amide bonds. The first-order valence-electron chi connectivity index (χ1n) is 11.6. The van der Waals surface area contributed by atoms with Crippen molar-refractivity contribution in [2.75, 3.05) is 26.2 Å². The maximum absolute atomic E-state index is 13.9. The van der Waals surface area contributed by atoms with Crippen LogP contribution in [0.15, 0.2) is 48.8 Å². The highest BCUT2D eigenvalue weighted by molar-refractivity contribution is 6.10. The number of aromatic nitrogens is 1. The summed E-state index contributed by atoms with van der Waals surface area (Å²) in [5, 5.41) is 0. The first-order chi connectivity index (χ1) is 15.8. The normalized spacial score (nSPS) is 21.8. The Labute approximate surface area is 195 Å². The molecule has 4 rings (SSSR count). The number of hydrogen-bond donors (Lipinski definition) is 0. The molecule has 33 heavy (non-hydrogen) atoms. The van der Waals surface area contributed by atoms with E-state index in [1.165, 1.54) is 4.90 Å². The lowest BCUT2D eigenvalue weighted by Gasteiger charge is -2.38. The molecule has 2 aliphatic heterocycles. The molecule has 2 fully saturated rings. The Morgan fingerprint density at radius 1 is 1.06 bits per heavy atom. The van der Waals surface area contributed by atoms with Gasteiger partial charge in [-0.2, -0.15) is 0 Å². The second-order valence-electron chi connectivity index (χ2n) is 9.41. The fraction of sp³-hybridized carbons (Fsp3) is 0.462. The van der Waals surface area contributed by atoms with Crippen molar-refractivity contribution in [2.24, 2.45) is 0 Å². The van der Waals surface area contributed by atoms with Crippen LogP contribution in [0.4, 0.5) is 0 Å². The Bertz CT molecular complexity index is 1030. The van der Waals surface area contributed by atoms with Crippen LogP contribution in [0.2, 0.25) is 0 Å². The molecule has 0 N–H and O–H groups in total. The van der Waals surface area contributed by atoms with E-state index < -0.39 is 5.41 Å². The maximum atomic E-state index is 13.9. The molecule has 1 aromatic heterocycles. The molecule has 0 spiro atoms. The minimum atomic E-state index is -1.17. The lowest BCUT2D eigenvalue weighted by Crippen LogP contribution is -2.52. The van der Waals surface area contributed by atoms with Crippen molar-refractivity contribution in [3.8, 4) is 0 Å². The van der Waals surface area contributed by atoms with Crippen LogP contribution in [0.3, 0.4) is 0 Å². The number of likely N-dealkylation sites (tertiary alicyclic amines) is 1. The van der Waals surface area contributed by atoms with Gasteiger partial charge in [-0.05, 0) is 43.5 Å². The highest BCUT2D eigenvalue weighted by atomic mass is 16.2. The van der Waals surface area contributed by atoms with Crippen LogP contribution in [0, 0.1) is 6.92 Å². The highest BCUT2D eigenvalue weighted by Gasteiger charge is 2.54. The van der Waals surface area contributed by atoms with Crippen molar-refractivity contribution in [1.29, 1.82) is 0 Å². The molecule has 7 nitrogen and oxygen atoms in total. The van der Waals surface area contributed by atoms with E-state index in [0.29, 0.717) is 19.1 Å². The molecule has 3 heterocycles. The molecule has 7 heteroatoms. The van der Waals surface area contributed by atoms with Crippen LogP contribution in [0.1, 0.15) is 43.4 Å². The monoisotopic (exact) mass is 448 g/mol. The molecule has 0 saturated carbocycles. The van der Waals surface area contributed by atoms with Crippen molar-refractivity contribution < 1.29 is 14.4 Å². The molecular weight excluding hydrogens is 416 g/mol. The average Bonchev–Trinajstić information content (AvgIpc) is 3.04. The van der Waals surface area contributed by atoms with Gasteiger partial charge in [0.05, 0.1) is 12.0 Å². The number of nitrogens with zero attached hydrogens (tertiary/aromatic N) is 4. The van der Waals surface area contributed by atoms with Crippen LogP contribution < -0.4 is 0 Å². The van der Waals surface area contributed by atoms with E-state index in [2.05, 4.69) is 23.7 Å². The second kappa shape index (κ2) is 9.43. The summed E-state index contributed by atoms with van der Waals surface area (Å²) in [6.07, 6.45) is 3.34. The van der Waals surface area contributed by atoms with Gasteiger partial charge in [-0.1, -0.05) is 30.3 Å². The summed E-state index contributed by atoms with van der Waals surface area (Å²) in [7, 11) is 0. The van der Waals surface area contributed by atoms with E-state index in [0.717, 1.165) is 29.8 Å². The Kier molecular flexibility index (Phi) is 6.61. The van der Waals surface area contributed by atoms with Gasteiger partial charge in [0.15, 0.2) is 0 Å². The van der Waals surface area contributed by atoms with Gasteiger partial charge in [0.2, 0.25) is 17.7 Å². The smallest absolute Gasteiger partial charge is 0.241 e. The number of benzene rings is 1. The Balaban J connectivity index is 1.62. The third-order valence-corrected chi connectivity index (χ3v) is 6.98. The predicted molar refractivity (Wildman–Crippen MR) is 125 cm³/mol. The Hall–Kier alpha value is -3.06. The van der Waals surface area contributed by atoms with Crippen molar-refractivity contribution in [1.82, 2.24) is 19.7 Å². The molecule has 0 aliphatic carbocycles. The van der Waals surface area contributed by atoms with Crippen molar-refractivity contribution in [3.63, 3.8) is 0 Å². The summed E-state index contributed by atoms with van der Waals surface area (Å²) in [6, 6.07) is 11.7. The van der Waals surface area contributed by atoms with Crippen LogP contribution in [0.5, 0.6) is 0 Å². The zero-order chi connectivity index (χ0) is 23.6. The Morgan fingerprint density at radius 2 is 1.79 bits per heavy atom. The van der Waals surface area contributed by atoms with E-state index in [4.69, 9.17) is 0 Å². The van der Waals surface area contributed by atoms with E-state index in [-0.39, 0.29) is 37.1 Å². The number of pyridine rings is 1.